The van der Waals surface area contributed by atoms with Crippen molar-refractivity contribution in [1.82, 2.24) is 0 Å². The van der Waals surface area contributed by atoms with Crippen molar-refractivity contribution in [3.8, 4) is 17.6 Å². The van der Waals surface area contributed by atoms with Gasteiger partial charge >= 0.3 is 0 Å². The molecule has 0 saturated carbocycles. The maximum atomic E-state index is 11.2. The van der Waals surface area contributed by atoms with Gasteiger partial charge in [0.25, 0.3) is 0 Å². The van der Waals surface area contributed by atoms with Gasteiger partial charge in [0.1, 0.15) is 5.75 Å². The largest absolute Gasteiger partial charge is 0.495 e. The molecule has 0 N–H and O–H groups in total. The lowest BCUT2D eigenvalue weighted by atomic mass is 10.1. The van der Waals surface area contributed by atoms with Crippen LogP contribution < -0.4 is 4.74 Å². The first-order chi connectivity index (χ1) is 7.69. The predicted molar refractivity (Wildman–Crippen MR) is 68.3 cm³/mol. The molecular weight excluding hydrogens is 268 g/mol. The molecule has 16 heavy (non-hydrogen) atoms. The number of methoxy groups -OCH3 is 1. The predicted octanol–water partition coefficient (Wildman–Crippen LogP) is 3.03. The molecule has 0 aliphatic rings. The van der Waals surface area contributed by atoms with E-state index >= 15 is 0 Å². The van der Waals surface area contributed by atoms with E-state index in [1.54, 1.807) is 25.3 Å². The first-order valence-corrected chi connectivity index (χ1v) is 6.05. The van der Waals surface area contributed by atoms with Crippen molar-refractivity contribution >= 4 is 21.7 Å². The Hall–Kier alpha value is -1.27. The number of benzene rings is 1. The summed E-state index contributed by atoms with van der Waals surface area (Å²) in [5, 5.41) is 0.842. The van der Waals surface area contributed by atoms with Crippen LogP contribution in [0, 0.1) is 11.8 Å². The van der Waals surface area contributed by atoms with Crippen LogP contribution in [0.3, 0.4) is 0 Å². The molecule has 1 aromatic carbocycles. The zero-order chi connectivity index (χ0) is 12.0. The molecule has 1 rings (SSSR count). The van der Waals surface area contributed by atoms with Gasteiger partial charge in [-0.25, -0.2) is 0 Å². The third kappa shape index (κ3) is 3.39. The number of Topliss-reactive ketones (excluding diaryl/α,β-unsaturated/α-hetero) is 1. The Balaban J connectivity index is 3.08. The third-order valence-electron chi connectivity index (χ3n) is 2.05. The minimum absolute atomic E-state index is 0.0335. The number of ketones is 1. The van der Waals surface area contributed by atoms with Gasteiger partial charge in [-0.15, -0.1) is 0 Å². The second kappa shape index (κ2) is 6.34. The van der Waals surface area contributed by atoms with E-state index in [4.69, 9.17) is 4.74 Å². The van der Waals surface area contributed by atoms with Gasteiger partial charge < -0.3 is 4.74 Å². The summed E-state index contributed by atoms with van der Waals surface area (Å²) in [7, 11) is 1.60. The Kier molecular flexibility index (Phi) is 5.07. The standard InChI is InChI=1S/C13H13BrO2/c1-10(15)11-6-7-13(16-2)12(9-11)5-3-4-8-14/h6-7,9H,4,8H2,1-2H3. The smallest absolute Gasteiger partial charge is 0.159 e. The molecule has 84 valence electrons. The lowest BCUT2D eigenvalue weighted by molar-refractivity contribution is 0.101. The molecule has 0 saturated heterocycles. The number of hydrogen-bond acceptors (Lipinski definition) is 2. The molecule has 0 atom stereocenters. The van der Waals surface area contributed by atoms with Crippen molar-refractivity contribution in [1.29, 1.82) is 0 Å². The average Bonchev–Trinajstić information content (AvgIpc) is 2.29. The molecule has 0 aliphatic heterocycles. The SMILES string of the molecule is COc1ccc(C(C)=O)cc1C#CCCBr. The molecule has 0 spiro atoms. The Morgan fingerprint density at radius 2 is 2.25 bits per heavy atom. The van der Waals surface area contributed by atoms with Crippen molar-refractivity contribution in [2.24, 2.45) is 0 Å². The maximum Gasteiger partial charge on any atom is 0.159 e. The van der Waals surface area contributed by atoms with Gasteiger partial charge in [-0.1, -0.05) is 27.8 Å². The highest BCUT2D eigenvalue weighted by Gasteiger charge is 2.04. The highest BCUT2D eigenvalue weighted by Crippen LogP contribution is 2.19. The van der Waals surface area contributed by atoms with Gasteiger partial charge in [-0.2, -0.15) is 0 Å². The fraction of sp³-hybridized carbons (Fsp3) is 0.308. The molecule has 0 heterocycles. The maximum absolute atomic E-state index is 11.2. The van der Waals surface area contributed by atoms with E-state index < -0.39 is 0 Å². The summed E-state index contributed by atoms with van der Waals surface area (Å²) in [6.07, 6.45) is 0.771. The zero-order valence-electron chi connectivity index (χ0n) is 9.34. The Morgan fingerprint density at radius 3 is 2.81 bits per heavy atom. The molecule has 0 bridgehead atoms. The first-order valence-electron chi connectivity index (χ1n) is 4.93. The fourth-order valence-electron chi connectivity index (χ4n) is 1.23. The van der Waals surface area contributed by atoms with E-state index in [0.29, 0.717) is 11.3 Å². The average molecular weight is 281 g/mol. The number of ether oxygens (including phenoxy) is 1. The molecule has 3 heteroatoms. The molecule has 2 nitrogen and oxygen atoms in total. The van der Waals surface area contributed by atoms with Crippen LogP contribution in [0.4, 0.5) is 0 Å². The van der Waals surface area contributed by atoms with Crippen LogP contribution in [0.25, 0.3) is 0 Å². The minimum Gasteiger partial charge on any atom is -0.495 e. The van der Waals surface area contributed by atoms with Crippen LogP contribution in [0.1, 0.15) is 29.3 Å². The summed E-state index contributed by atoms with van der Waals surface area (Å²) in [6.45, 7) is 1.54. The first kappa shape index (κ1) is 12.8. The number of halogens is 1. The molecule has 0 fully saturated rings. The van der Waals surface area contributed by atoms with Crippen LogP contribution in [0.5, 0.6) is 5.75 Å². The van der Waals surface area contributed by atoms with Crippen LogP contribution in [0.2, 0.25) is 0 Å². The van der Waals surface area contributed by atoms with Crippen molar-refractivity contribution < 1.29 is 9.53 Å². The number of rotatable bonds is 3. The molecule has 0 radical (unpaired) electrons. The van der Waals surface area contributed by atoms with Crippen LogP contribution in [-0.4, -0.2) is 18.2 Å². The second-order valence-electron chi connectivity index (χ2n) is 3.21. The van der Waals surface area contributed by atoms with E-state index in [1.807, 2.05) is 0 Å². The summed E-state index contributed by atoms with van der Waals surface area (Å²) in [6, 6.07) is 5.29. The van der Waals surface area contributed by atoms with Gasteiger partial charge in [0.2, 0.25) is 0 Å². The quantitative estimate of drug-likeness (QED) is 0.483. The highest BCUT2D eigenvalue weighted by molar-refractivity contribution is 9.09. The van der Waals surface area contributed by atoms with E-state index in [2.05, 4.69) is 27.8 Å². The highest BCUT2D eigenvalue weighted by atomic mass is 79.9. The number of hydrogen-bond donors (Lipinski definition) is 0. The number of alkyl halides is 1. The molecule has 0 aromatic heterocycles. The van der Waals surface area contributed by atoms with E-state index in [-0.39, 0.29) is 5.78 Å². The van der Waals surface area contributed by atoms with Gasteiger partial charge in [-0.05, 0) is 25.1 Å². The lowest BCUT2D eigenvalue weighted by Crippen LogP contribution is -1.95. The monoisotopic (exact) mass is 280 g/mol. The summed E-state index contributed by atoms with van der Waals surface area (Å²) in [4.78, 5) is 11.2. The summed E-state index contributed by atoms with van der Waals surface area (Å²) < 4.78 is 5.19. The van der Waals surface area contributed by atoms with Crippen LogP contribution in [0.15, 0.2) is 18.2 Å². The molecule has 0 unspecified atom stereocenters. The molecule has 0 aliphatic carbocycles. The van der Waals surface area contributed by atoms with Crippen LogP contribution in [-0.2, 0) is 0 Å². The summed E-state index contributed by atoms with van der Waals surface area (Å²) in [5.74, 6) is 6.74. The Labute approximate surface area is 104 Å². The van der Waals surface area contributed by atoms with Crippen molar-refractivity contribution in [2.45, 2.75) is 13.3 Å². The molecule has 0 amide bonds. The Morgan fingerprint density at radius 1 is 1.50 bits per heavy atom. The number of carbonyl (C=O) groups excluding carboxylic acids is 1. The third-order valence-corrected chi connectivity index (χ3v) is 2.45. The van der Waals surface area contributed by atoms with Gasteiger partial charge in [0.15, 0.2) is 5.78 Å². The summed E-state index contributed by atoms with van der Waals surface area (Å²) >= 11 is 3.31. The van der Waals surface area contributed by atoms with Crippen LogP contribution >= 0.6 is 15.9 Å². The molecular formula is C13H13BrO2. The van der Waals surface area contributed by atoms with E-state index in [1.165, 1.54) is 6.92 Å². The second-order valence-corrected chi connectivity index (χ2v) is 4.01. The number of carbonyl (C=O) groups is 1. The van der Waals surface area contributed by atoms with Gasteiger partial charge in [-0.3, -0.25) is 4.79 Å². The fourth-order valence-corrected chi connectivity index (χ4v) is 1.43. The summed E-state index contributed by atoms with van der Waals surface area (Å²) in [5.41, 5.74) is 1.42. The normalized spacial score (nSPS) is 9.19. The van der Waals surface area contributed by atoms with E-state index in [0.717, 1.165) is 17.3 Å². The van der Waals surface area contributed by atoms with E-state index in [9.17, 15) is 4.79 Å². The van der Waals surface area contributed by atoms with Crippen molar-refractivity contribution in [2.75, 3.05) is 12.4 Å². The van der Waals surface area contributed by atoms with Crippen molar-refractivity contribution in [3.63, 3.8) is 0 Å². The molecule has 1 aromatic rings. The van der Waals surface area contributed by atoms with Gasteiger partial charge in [0, 0.05) is 17.3 Å². The minimum atomic E-state index is 0.0335. The Bertz CT molecular complexity index is 441. The van der Waals surface area contributed by atoms with Gasteiger partial charge in [0.05, 0.1) is 12.7 Å². The topological polar surface area (TPSA) is 26.3 Å². The zero-order valence-corrected chi connectivity index (χ0v) is 10.9. The van der Waals surface area contributed by atoms with Crippen molar-refractivity contribution in [3.05, 3.63) is 29.3 Å². The lowest BCUT2D eigenvalue weighted by Gasteiger charge is -2.04.